The van der Waals surface area contributed by atoms with Crippen molar-refractivity contribution in [3.8, 4) is 0 Å². The Balaban J connectivity index is 1.77. The monoisotopic (exact) mass is 223 g/mol. The first-order valence-electron chi connectivity index (χ1n) is 7.60. The van der Waals surface area contributed by atoms with Gasteiger partial charge in [0.2, 0.25) is 0 Å². The SMILES string of the molecule is CCCCCC[C@@H]1CC[C@H]2CCC[C@H](C)N12. The van der Waals surface area contributed by atoms with Crippen molar-refractivity contribution in [3.05, 3.63) is 0 Å². The molecule has 2 aliphatic rings. The van der Waals surface area contributed by atoms with Crippen molar-refractivity contribution in [2.24, 2.45) is 0 Å². The number of rotatable bonds is 5. The fourth-order valence-corrected chi connectivity index (χ4v) is 3.89. The molecular weight excluding hydrogens is 194 g/mol. The van der Waals surface area contributed by atoms with Crippen molar-refractivity contribution in [2.45, 2.75) is 96.2 Å². The fourth-order valence-electron chi connectivity index (χ4n) is 3.89. The predicted octanol–water partition coefficient (Wildman–Crippen LogP) is 4.36. The van der Waals surface area contributed by atoms with Gasteiger partial charge in [0.1, 0.15) is 0 Å². The first kappa shape index (κ1) is 12.4. The van der Waals surface area contributed by atoms with Crippen LogP contribution in [0, 0.1) is 0 Å². The van der Waals surface area contributed by atoms with Crippen molar-refractivity contribution >= 4 is 0 Å². The Labute approximate surface area is 102 Å². The van der Waals surface area contributed by atoms with E-state index in [1.807, 2.05) is 0 Å². The van der Waals surface area contributed by atoms with Crippen LogP contribution in [0.4, 0.5) is 0 Å². The Morgan fingerprint density at radius 1 is 1.00 bits per heavy atom. The van der Waals surface area contributed by atoms with Crippen LogP contribution < -0.4 is 0 Å². The van der Waals surface area contributed by atoms with Gasteiger partial charge in [-0.15, -0.1) is 0 Å². The van der Waals surface area contributed by atoms with Gasteiger partial charge in [0.15, 0.2) is 0 Å². The van der Waals surface area contributed by atoms with E-state index in [-0.39, 0.29) is 0 Å². The maximum Gasteiger partial charge on any atom is 0.0102 e. The summed E-state index contributed by atoms with van der Waals surface area (Å²) in [5.74, 6) is 0. The Morgan fingerprint density at radius 3 is 2.69 bits per heavy atom. The highest BCUT2D eigenvalue weighted by Crippen LogP contribution is 2.36. The molecule has 1 nitrogen and oxygen atoms in total. The van der Waals surface area contributed by atoms with Gasteiger partial charge in [-0.2, -0.15) is 0 Å². The minimum Gasteiger partial charge on any atom is -0.295 e. The van der Waals surface area contributed by atoms with E-state index in [0.29, 0.717) is 0 Å². The third-order valence-electron chi connectivity index (χ3n) is 4.74. The van der Waals surface area contributed by atoms with E-state index in [4.69, 9.17) is 0 Å². The van der Waals surface area contributed by atoms with Gasteiger partial charge in [-0.05, 0) is 39.0 Å². The van der Waals surface area contributed by atoms with E-state index in [0.717, 1.165) is 18.1 Å². The average Bonchev–Trinajstić information content (AvgIpc) is 2.69. The maximum atomic E-state index is 2.88. The van der Waals surface area contributed by atoms with Gasteiger partial charge in [0, 0.05) is 18.1 Å². The molecule has 2 fully saturated rings. The number of hydrogen-bond acceptors (Lipinski definition) is 1. The molecule has 0 aromatic carbocycles. The molecule has 0 unspecified atom stereocenters. The number of unbranched alkanes of at least 4 members (excludes halogenated alkanes) is 3. The van der Waals surface area contributed by atoms with Crippen LogP contribution in [0.1, 0.15) is 78.1 Å². The van der Waals surface area contributed by atoms with Crippen molar-refractivity contribution in [1.29, 1.82) is 0 Å². The fraction of sp³-hybridized carbons (Fsp3) is 1.00. The minimum atomic E-state index is 0.873. The van der Waals surface area contributed by atoms with Gasteiger partial charge in [0.25, 0.3) is 0 Å². The highest BCUT2D eigenvalue weighted by atomic mass is 15.2. The number of piperidine rings is 1. The second-order valence-corrected chi connectivity index (χ2v) is 5.96. The zero-order chi connectivity index (χ0) is 11.4. The number of fused-ring (bicyclic) bond motifs is 1. The van der Waals surface area contributed by atoms with E-state index in [1.165, 1.54) is 64.2 Å². The van der Waals surface area contributed by atoms with Gasteiger partial charge >= 0.3 is 0 Å². The van der Waals surface area contributed by atoms with E-state index in [9.17, 15) is 0 Å². The Morgan fingerprint density at radius 2 is 1.88 bits per heavy atom. The van der Waals surface area contributed by atoms with Crippen LogP contribution in [0.15, 0.2) is 0 Å². The summed E-state index contributed by atoms with van der Waals surface area (Å²) in [5, 5.41) is 0. The first-order chi connectivity index (χ1) is 7.83. The molecule has 0 spiro atoms. The van der Waals surface area contributed by atoms with E-state index in [1.54, 1.807) is 0 Å². The average molecular weight is 223 g/mol. The molecule has 2 heterocycles. The van der Waals surface area contributed by atoms with Crippen LogP contribution in [-0.4, -0.2) is 23.0 Å². The lowest BCUT2D eigenvalue weighted by Gasteiger charge is -2.39. The summed E-state index contributed by atoms with van der Waals surface area (Å²) in [6.45, 7) is 4.76. The largest absolute Gasteiger partial charge is 0.295 e. The molecule has 0 radical (unpaired) electrons. The molecule has 0 N–H and O–H groups in total. The molecule has 2 rings (SSSR count). The molecule has 16 heavy (non-hydrogen) atoms. The molecular formula is C15H29N. The van der Waals surface area contributed by atoms with Crippen LogP contribution in [0.3, 0.4) is 0 Å². The second-order valence-electron chi connectivity index (χ2n) is 5.96. The number of hydrogen-bond donors (Lipinski definition) is 0. The van der Waals surface area contributed by atoms with Gasteiger partial charge < -0.3 is 0 Å². The first-order valence-corrected chi connectivity index (χ1v) is 7.60. The summed E-state index contributed by atoms with van der Waals surface area (Å²) in [7, 11) is 0. The molecule has 1 heteroatoms. The molecule has 2 saturated heterocycles. The number of nitrogens with zero attached hydrogens (tertiary/aromatic N) is 1. The topological polar surface area (TPSA) is 3.24 Å². The summed E-state index contributed by atoms with van der Waals surface area (Å²) in [4.78, 5) is 2.88. The molecule has 3 atom stereocenters. The molecule has 0 amide bonds. The quantitative estimate of drug-likeness (QED) is 0.626. The van der Waals surface area contributed by atoms with Crippen LogP contribution in [0.5, 0.6) is 0 Å². The van der Waals surface area contributed by atoms with Gasteiger partial charge in [0.05, 0.1) is 0 Å². The highest BCUT2D eigenvalue weighted by Gasteiger charge is 2.37. The smallest absolute Gasteiger partial charge is 0.0102 e. The zero-order valence-electron chi connectivity index (χ0n) is 11.3. The lowest BCUT2D eigenvalue weighted by atomic mass is 9.97. The van der Waals surface area contributed by atoms with Crippen molar-refractivity contribution in [2.75, 3.05) is 0 Å². The third kappa shape index (κ3) is 2.80. The van der Waals surface area contributed by atoms with E-state index in [2.05, 4.69) is 18.7 Å². The summed E-state index contributed by atoms with van der Waals surface area (Å²) in [6, 6.07) is 2.77. The molecule has 0 aromatic heterocycles. The molecule has 0 bridgehead atoms. The van der Waals surface area contributed by atoms with Crippen molar-refractivity contribution < 1.29 is 0 Å². The Hall–Kier alpha value is -0.0400. The van der Waals surface area contributed by atoms with Gasteiger partial charge in [-0.1, -0.05) is 39.0 Å². The maximum absolute atomic E-state index is 2.88. The zero-order valence-corrected chi connectivity index (χ0v) is 11.3. The molecule has 0 aliphatic carbocycles. The Bertz CT molecular complexity index is 202. The summed E-state index contributed by atoms with van der Waals surface area (Å²) in [5.41, 5.74) is 0. The van der Waals surface area contributed by atoms with Crippen molar-refractivity contribution in [1.82, 2.24) is 4.90 Å². The lowest BCUT2D eigenvalue weighted by molar-refractivity contribution is 0.0872. The van der Waals surface area contributed by atoms with Crippen LogP contribution in [-0.2, 0) is 0 Å². The Kier molecular flexibility index (Phi) is 4.69. The van der Waals surface area contributed by atoms with Crippen LogP contribution in [0.2, 0.25) is 0 Å². The minimum absolute atomic E-state index is 0.873. The standard InChI is InChI=1S/C15H29N/c1-3-4-5-6-9-14-11-12-15-10-7-8-13(2)16(14)15/h13-15H,3-12H2,1-2H3/t13-,14+,15+/m0/s1. The molecule has 0 saturated carbocycles. The van der Waals surface area contributed by atoms with E-state index < -0.39 is 0 Å². The second kappa shape index (κ2) is 6.05. The van der Waals surface area contributed by atoms with Crippen LogP contribution in [0.25, 0.3) is 0 Å². The van der Waals surface area contributed by atoms with Gasteiger partial charge in [-0.3, -0.25) is 4.90 Å². The highest BCUT2D eigenvalue weighted by molar-refractivity contribution is 4.93. The molecule has 94 valence electrons. The third-order valence-corrected chi connectivity index (χ3v) is 4.74. The normalized spacial score (nSPS) is 35.2. The summed E-state index contributed by atoms with van der Waals surface area (Å²) < 4.78 is 0. The molecule has 2 aliphatic heterocycles. The molecule has 0 aromatic rings. The predicted molar refractivity (Wildman–Crippen MR) is 70.7 cm³/mol. The lowest BCUT2D eigenvalue weighted by Crippen LogP contribution is -2.45. The summed E-state index contributed by atoms with van der Waals surface area (Å²) >= 11 is 0. The van der Waals surface area contributed by atoms with Gasteiger partial charge in [-0.25, -0.2) is 0 Å². The van der Waals surface area contributed by atoms with E-state index >= 15 is 0 Å². The van der Waals surface area contributed by atoms with Crippen LogP contribution >= 0.6 is 0 Å². The summed E-state index contributed by atoms with van der Waals surface area (Å²) in [6.07, 6.45) is 14.6. The van der Waals surface area contributed by atoms with Crippen molar-refractivity contribution in [3.63, 3.8) is 0 Å².